The third-order valence-corrected chi connectivity index (χ3v) is 3.94. The molecule has 142 valence electrons. The Bertz CT molecular complexity index is 347. The summed E-state index contributed by atoms with van der Waals surface area (Å²) in [5.74, 6) is 0. The first kappa shape index (κ1) is 20.0. The highest BCUT2D eigenvalue weighted by molar-refractivity contribution is 5.00. The molecule has 0 aromatic carbocycles. The van der Waals surface area contributed by atoms with E-state index < -0.39 is 24.1 Å². The Kier molecular flexibility index (Phi) is 8.81. The summed E-state index contributed by atoms with van der Waals surface area (Å²) in [7, 11) is 0. The van der Waals surface area contributed by atoms with Gasteiger partial charge in [-0.3, -0.25) is 0 Å². The van der Waals surface area contributed by atoms with Gasteiger partial charge in [0.15, 0.2) is 6.29 Å². The van der Waals surface area contributed by atoms with Crippen LogP contribution in [0.4, 0.5) is 0 Å². The largest absolute Gasteiger partial charge is 0.390 e. The van der Waals surface area contributed by atoms with Crippen molar-refractivity contribution in [3.8, 4) is 0 Å². The first-order valence-corrected chi connectivity index (χ1v) is 8.34. The van der Waals surface area contributed by atoms with E-state index in [2.05, 4.69) is 0 Å². The molecule has 9 nitrogen and oxygen atoms in total. The molecule has 2 saturated heterocycles. The van der Waals surface area contributed by atoms with Crippen LogP contribution >= 0.6 is 0 Å². The van der Waals surface area contributed by atoms with Gasteiger partial charge in [0.25, 0.3) is 0 Å². The highest BCUT2D eigenvalue weighted by atomic mass is 16.7. The number of hydrogen-bond donors (Lipinski definition) is 3. The summed E-state index contributed by atoms with van der Waals surface area (Å²) in [6.45, 7) is 4.19. The first-order valence-electron chi connectivity index (χ1n) is 8.34. The van der Waals surface area contributed by atoms with Crippen molar-refractivity contribution in [3.63, 3.8) is 0 Å². The van der Waals surface area contributed by atoms with Crippen LogP contribution in [0.15, 0.2) is 0 Å². The molecule has 2 aliphatic rings. The lowest BCUT2D eigenvalue weighted by Gasteiger charge is -2.38. The van der Waals surface area contributed by atoms with Crippen LogP contribution in [0.1, 0.15) is 6.42 Å². The Labute approximate surface area is 141 Å². The molecule has 24 heavy (non-hydrogen) atoms. The molecule has 2 aliphatic heterocycles. The Morgan fingerprint density at radius 3 is 2.12 bits per heavy atom. The normalized spacial score (nSPS) is 32.4. The Hall–Kier alpha value is -0.360. The van der Waals surface area contributed by atoms with Crippen LogP contribution in [0.3, 0.4) is 0 Å². The van der Waals surface area contributed by atoms with Gasteiger partial charge in [0, 0.05) is 13.0 Å². The van der Waals surface area contributed by atoms with Gasteiger partial charge < -0.3 is 44.4 Å². The highest BCUT2D eigenvalue weighted by Crippen LogP contribution is 2.36. The molecular formula is C15H29NO8. The number of fused-ring (bicyclic) bond motifs is 2. The number of nitrogens with two attached hydrogens (primary N) is 1. The van der Waals surface area contributed by atoms with Crippen molar-refractivity contribution in [1.82, 2.24) is 0 Å². The minimum atomic E-state index is -1.01. The van der Waals surface area contributed by atoms with Gasteiger partial charge in [0.1, 0.15) is 11.7 Å². The summed E-state index contributed by atoms with van der Waals surface area (Å²) in [4.78, 5) is 0. The second kappa shape index (κ2) is 10.6. The summed E-state index contributed by atoms with van der Waals surface area (Å²) in [5, 5.41) is 19.9. The molecule has 4 atom stereocenters. The van der Waals surface area contributed by atoms with Gasteiger partial charge in [-0.1, -0.05) is 0 Å². The molecule has 2 rings (SSSR count). The van der Waals surface area contributed by atoms with E-state index in [4.69, 9.17) is 34.2 Å². The van der Waals surface area contributed by atoms with E-state index >= 15 is 0 Å². The quantitative estimate of drug-likeness (QED) is 0.332. The van der Waals surface area contributed by atoms with Crippen LogP contribution in [0.5, 0.6) is 0 Å². The second-order valence-electron chi connectivity index (χ2n) is 5.85. The van der Waals surface area contributed by atoms with Crippen LogP contribution in [0.25, 0.3) is 0 Å². The van der Waals surface area contributed by atoms with E-state index in [9.17, 15) is 10.2 Å². The maximum absolute atomic E-state index is 10.1. The third-order valence-electron chi connectivity index (χ3n) is 3.94. The van der Waals surface area contributed by atoms with E-state index in [1.165, 1.54) is 0 Å². The summed E-state index contributed by atoms with van der Waals surface area (Å²) >= 11 is 0. The van der Waals surface area contributed by atoms with Gasteiger partial charge in [-0.05, 0) is 0 Å². The molecule has 2 heterocycles. The van der Waals surface area contributed by atoms with Crippen LogP contribution in [-0.4, -0.2) is 100 Å². The van der Waals surface area contributed by atoms with E-state index in [0.29, 0.717) is 52.8 Å². The van der Waals surface area contributed by atoms with Gasteiger partial charge in [0.05, 0.1) is 65.6 Å². The number of aliphatic hydroxyl groups excluding tert-OH is 2. The van der Waals surface area contributed by atoms with Crippen LogP contribution < -0.4 is 5.73 Å². The Morgan fingerprint density at radius 1 is 0.917 bits per heavy atom. The predicted molar refractivity (Wildman–Crippen MR) is 82.5 cm³/mol. The maximum atomic E-state index is 10.1. The summed E-state index contributed by atoms with van der Waals surface area (Å²) < 4.78 is 32.4. The number of ether oxygens (including phenoxy) is 6. The zero-order chi connectivity index (χ0) is 17.3. The van der Waals surface area contributed by atoms with Crippen molar-refractivity contribution < 1.29 is 38.6 Å². The standard InChI is InChI=1S/C15H29NO8/c16-1-2-19-3-4-20-5-6-21-7-8-22-10-15-11-23-13(24-15)9-12(17)14(15)18/h12-14,17-18H,1-11,16H2/t12-,13+,14-,15+/m1/s1. The van der Waals surface area contributed by atoms with E-state index in [-0.39, 0.29) is 19.6 Å². The van der Waals surface area contributed by atoms with Gasteiger partial charge in [-0.15, -0.1) is 0 Å². The van der Waals surface area contributed by atoms with Gasteiger partial charge >= 0.3 is 0 Å². The fourth-order valence-electron chi connectivity index (χ4n) is 2.66. The van der Waals surface area contributed by atoms with Gasteiger partial charge in [0.2, 0.25) is 0 Å². The van der Waals surface area contributed by atoms with E-state index in [1.54, 1.807) is 0 Å². The fraction of sp³-hybridized carbons (Fsp3) is 1.00. The number of aliphatic hydroxyl groups is 2. The predicted octanol–water partition coefficient (Wildman–Crippen LogP) is -1.75. The monoisotopic (exact) mass is 351 g/mol. The Balaban J connectivity index is 1.44. The fourth-order valence-corrected chi connectivity index (χ4v) is 2.66. The molecule has 0 aliphatic carbocycles. The SMILES string of the molecule is NCCOCCOCCOCCOC[C@]12CO[C@H](C[C@@H](O)[C@H]1O)O2. The molecule has 2 fully saturated rings. The van der Waals surface area contributed by atoms with Crippen molar-refractivity contribution in [3.05, 3.63) is 0 Å². The minimum absolute atomic E-state index is 0.153. The molecule has 0 unspecified atom stereocenters. The molecule has 0 radical (unpaired) electrons. The number of hydrogen-bond acceptors (Lipinski definition) is 9. The zero-order valence-corrected chi connectivity index (χ0v) is 13.9. The average Bonchev–Trinajstić information content (AvgIpc) is 2.94. The van der Waals surface area contributed by atoms with Gasteiger partial charge in [-0.2, -0.15) is 0 Å². The van der Waals surface area contributed by atoms with E-state index in [0.717, 1.165) is 0 Å². The molecule has 2 bridgehead atoms. The van der Waals surface area contributed by atoms with E-state index in [1.807, 2.05) is 0 Å². The molecule has 9 heteroatoms. The molecule has 0 spiro atoms. The lowest BCUT2D eigenvalue weighted by Crippen LogP contribution is -2.57. The lowest BCUT2D eigenvalue weighted by molar-refractivity contribution is -0.225. The van der Waals surface area contributed by atoms with Crippen LogP contribution in [0, 0.1) is 0 Å². The zero-order valence-electron chi connectivity index (χ0n) is 13.9. The summed E-state index contributed by atoms with van der Waals surface area (Å²) in [5.41, 5.74) is 4.31. The van der Waals surface area contributed by atoms with Crippen molar-refractivity contribution >= 4 is 0 Å². The average molecular weight is 351 g/mol. The number of rotatable bonds is 13. The van der Waals surface area contributed by atoms with Crippen LogP contribution in [-0.2, 0) is 28.4 Å². The maximum Gasteiger partial charge on any atom is 0.161 e. The topological polar surface area (TPSA) is 122 Å². The third kappa shape index (κ3) is 5.87. The molecule has 0 saturated carbocycles. The molecule has 0 aromatic rings. The van der Waals surface area contributed by atoms with Gasteiger partial charge in [-0.25, -0.2) is 0 Å². The first-order chi connectivity index (χ1) is 11.7. The van der Waals surface area contributed by atoms with Crippen molar-refractivity contribution in [2.45, 2.75) is 30.5 Å². The van der Waals surface area contributed by atoms with Crippen molar-refractivity contribution in [2.24, 2.45) is 5.73 Å². The molecular weight excluding hydrogens is 322 g/mol. The van der Waals surface area contributed by atoms with Crippen molar-refractivity contribution in [1.29, 1.82) is 0 Å². The smallest absolute Gasteiger partial charge is 0.161 e. The molecule has 0 amide bonds. The van der Waals surface area contributed by atoms with Crippen molar-refractivity contribution in [2.75, 3.05) is 66.0 Å². The van der Waals surface area contributed by atoms with Crippen LogP contribution in [0.2, 0.25) is 0 Å². The molecule has 4 N–H and O–H groups in total. The highest BCUT2D eigenvalue weighted by Gasteiger charge is 2.54. The minimum Gasteiger partial charge on any atom is -0.390 e. The second-order valence-corrected chi connectivity index (χ2v) is 5.85. The summed E-state index contributed by atoms with van der Waals surface area (Å²) in [6.07, 6.45) is -2.04. The Morgan fingerprint density at radius 2 is 1.50 bits per heavy atom. The molecule has 0 aromatic heterocycles. The summed E-state index contributed by atoms with van der Waals surface area (Å²) in [6, 6.07) is 0. The lowest BCUT2D eigenvalue weighted by atomic mass is 9.91.